The van der Waals surface area contributed by atoms with Crippen LogP contribution in [-0.4, -0.2) is 243 Å². The maximum atomic E-state index is 13.6. The first-order chi connectivity index (χ1) is 34.2. The summed E-state index contributed by atoms with van der Waals surface area (Å²) in [5, 5.41) is 5.91. The van der Waals surface area contributed by atoms with Crippen LogP contribution in [0.25, 0.3) is 0 Å². The van der Waals surface area contributed by atoms with Gasteiger partial charge in [0.05, 0.1) is 65.7 Å². The first-order valence-corrected chi connectivity index (χ1v) is 25.0. The molecule has 4 rings (SSSR count). The topological polar surface area (TPSA) is 221 Å². The van der Waals surface area contributed by atoms with Gasteiger partial charge in [0.25, 0.3) is 0 Å². The Balaban J connectivity index is 1.31. The molecule has 3 aliphatic heterocycles. The van der Waals surface area contributed by atoms with Crippen molar-refractivity contribution in [2.45, 2.75) is 69.9 Å². The molecule has 3 aliphatic rings. The Hall–Kier alpha value is -5.74. The van der Waals surface area contributed by atoms with Crippen LogP contribution in [-0.2, 0) is 59.0 Å². The molecule has 3 fully saturated rings. The van der Waals surface area contributed by atoms with Gasteiger partial charge in [0.15, 0.2) is 17.9 Å². The van der Waals surface area contributed by atoms with Gasteiger partial charge in [0.2, 0.25) is 11.8 Å². The van der Waals surface area contributed by atoms with E-state index in [1.165, 1.54) is 0 Å². The maximum absolute atomic E-state index is 13.6. The molecule has 0 aromatic heterocycles. The number of carbonyl (C=O) groups is 5. The number of likely N-dealkylation sites (N-methyl/N-ethyl adjacent to an activating group) is 6. The van der Waals surface area contributed by atoms with Crippen molar-refractivity contribution in [3.8, 4) is 0 Å². The second-order valence-electron chi connectivity index (χ2n) is 18.2. The fourth-order valence-electron chi connectivity index (χ4n) is 7.75. The van der Waals surface area contributed by atoms with Crippen LogP contribution in [0, 0.1) is 0 Å². The van der Waals surface area contributed by atoms with Crippen LogP contribution in [0.1, 0.15) is 63.4 Å². The van der Waals surface area contributed by atoms with Crippen LogP contribution < -0.4 is 10.6 Å². The van der Waals surface area contributed by atoms with E-state index in [-0.39, 0.29) is 104 Å². The fraction of sp³-hybridized carbons (Fsp3) is 0.714. The summed E-state index contributed by atoms with van der Waals surface area (Å²) in [7, 11) is 12.0. The van der Waals surface area contributed by atoms with E-state index >= 15 is 0 Å². The van der Waals surface area contributed by atoms with Crippen molar-refractivity contribution in [2.24, 2.45) is 15.0 Å². The SMILES string of the molecule is CN1CCN(C)C1=NCCCNC(=O)CCOCC(COCCC(=O)OCCCN=C1N(C)CCN1C)(COCCC(=O)OCCCN=C1N(C)CCN1C)NC(=O)CCCC(=O)OCc1ccccc1. The van der Waals surface area contributed by atoms with Gasteiger partial charge in [-0.15, -0.1) is 0 Å². The average Bonchev–Trinajstić information content (AvgIpc) is 3.98. The first kappa shape index (κ1) is 57.8. The Morgan fingerprint density at radius 3 is 1.38 bits per heavy atom. The number of rotatable bonds is 34. The van der Waals surface area contributed by atoms with Crippen LogP contribution in [0.3, 0.4) is 0 Å². The van der Waals surface area contributed by atoms with Crippen LogP contribution in [0.4, 0.5) is 0 Å². The summed E-state index contributed by atoms with van der Waals surface area (Å²) in [6.45, 7) is 7.58. The number of nitrogens with one attached hydrogen (secondary N) is 2. The van der Waals surface area contributed by atoms with Gasteiger partial charge in [-0.05, 0) is 18.4 Å². The van der Waals surface area contributed by atoms with Gasteiger partial charge in [0.1, 0.15) is 12.1 Å². The predicted molar refractivity (Wildman–Crippen MR) is 269 cm³/mol. The van der Waals surface area contributed by atoms with Gasteiger partial charge < -0.3 is 68.5 Å². The summed E-state index contributed by atoms with van der Waals surface area (Å²) in [6.07, 6.45) is 1.93. The molecule has 3 saturated heterocycles. The van der Waals surface area contributed by atoms with Crippen LogP contribution >= 0.6 is 0 Å². The molecule has 0 aliphatic carbocycles. The van der Waals surface area contributed by atoms with Crippen molar-refractivity contribution in [3.05, 3.63) is 35.9 Å². The summed E-state index contributed by atoms with van der Waals surface area (Å²) in [5.41, 5.74) is -0.473. The molecular formula is C49H81N11O11. The Morgan fingerprint density at radius 2 is 0.915 bits per heavy atom. The average molecular weight is 1000 g/mol. The number of hydrogen-bond acceptors (Lipinski definition) is 14. The molecule has 22 heteroatoms. The Bertz CT molecular complexity index is 1700. The van der Waals surface area contributed by atoms with Crippen molar-refractivity contribution in [1.29, 1.82) is 0 Å². The van der Waals surface area contributed by atoms with Crippen LogP contribution in [0.2, 0.25) is 0 Å². The number of amides is 2. The van der Waals surface area contributed by atoms with Crippen molar-refractivity contribution in [2.75, 3.05) is 161 Å². The lowest BCUT2D eigenvalue weighted by Crippen LogP contribution is -2.58. The largest absolute Gasteiger partial charge is 0.466 e. The molecule has 22 nitrogen and oxygen atoms in total. The summed E-state index contributed by atoms with van der Waals surface area (Å²) >= 11 is 0. The highest BCUT2D eigenvalue weighted by molar-refractivity contribution is 5.82. The zero-order chi connectivity index (χ0) is 51.3. The van der Waals surface area contributed by atoms with Crippen LogP contribution in [0.5, 0.6) is 0 Å². The van der Waals surface area contributed by atoms with Crippen molar-refractivity contribution >= 4 is 47.6 Å². The molecule has 0 saturated carbocycles. The Morgan fingerprint density at radius 1 is 0.493 bits per heavy atom. The van der Waals surface area contributed by atoms with Gasteiger partial charge >= 0.3 is 17.9 Å². The van der Waals surface area contributed by atoms with Crippen molar-refractivity contribution in [3.63, 3.8) is 0 Å². The highest BCUT2D eigenvalue weighted by Gasteiger charge is 2.34. The summed E-state index contributed by atoms with van der Waals surface area (Å²) in [5.74, 6) is 0.801. The number of guanidine groups is 3. The molecule has 0 radical (unpaired) electrons. The van der Waals surface area contributed by atoms with Crippen LogP contribution in [0.15, 0.2) is 45.3 Å². The molecular weight excluding hydrogens is 919 g/mol. The monoisotopic (exact) mass is 1000 g/mol. The van der Waals surface area contributed by atoms with E-state index in [0.717, 1.165) is 62.7 Å². The lowest BCUT2D eigenvalue weighted by Gasteiger charge is -2.34. The van der Waals surface area contributed by atoms with E-state index < -0.39 is 29.4 Å². The third-order valence-electron chi connectivity index (χ3n) is 11.9. The lowest BCUT2D eigenvalue weighted by atomic mass is 10.0. The number of hydrogen-bond donors (Lipinski definition) is 2. The lowest BCUT2D eigenvalue weighted by molar-refractivity contribution is -0.147. The van der Waals surface area contributed by atoms with Gasteiger partial charge in [0, 0.05) is 140 Å². The highest BCUT2D eigenvalue weighted by atomic mass is 16.5. The number of aliphatic imine (C=N–C) groups is 3. The highest BCUT2D eigenvalue weighted by Crippen LogP contribution is 2.14. The number of nitrogens with zero attached hydrogens (tertiary/aromatic N) is 9. The molecule has 3 heterocycles. The van der Waals surface area contributed by atoms with Crippen molar-refractivity contribution < 1.29 is 52.4 Å². The molecule has 2 amide bonds. The summed E-state index contributed by atoms with van der Waals surface area (Å²) < 4.78 is 34.4. The number of esters is 3. The van der Waals surface area contributed by atoms with E-state index in [2.05, 4.69) is 55.0 Å². The van der Waals surface area contributed by atoms with Gasteiger partial charge in [-0.2, -0.15) is 0 Å². The molecule has 1 aromatic rings. The standard InChI is InChI=1S/C49H81N11O11/c1-55-25-26-56(2)46(55)51-22-11-21-50-41(61)18-33-66-37-49(54-42(62)16-10-17-43(63)71-36-40-14-8-7-9-15-40,38-67-34-19-44(64)69-31-12-23-52-47-57(3)27-28-58(47)4)39-68-35-20-45(65)70-32-13-24-53-48-59(5)29-30-60(48)6/h7-9,14-15H,10-13,16-39H2,1-6H3,(H,50,61)(H,54,62). The third kappa shape index (κ3) is 22.5. The summed E-state index contributed by atoms with van der Waals surface area (Å²) in [6, 6.07) is 9.31. The normalized spacial score (nSPS) is 14.9. The smallest absolute Gasteiger partial charge is 0.308 e. The molecule has 0 spiro atoms. The number of carbonyl (C=O) groups excluding carboxylic acids is 5. The molecule has 1 aromatic carbocycles. The minimum absolute atomic E-state index is 0.0148. The minimum Gasteiger partial charge on any atom is -0.466 e. The molecule has 398 valence electrons. The first-order valence-electron chi connectivity index (χ1n) is 25.0. The number of benzene rings is 1. The second kappa shape index (κ2) is 32.3. The molecule has 0 atom stereocenters. The minimum atomic E-state index is -1.33. The van der Waals surface area contributed by atoms with Gasteiger partial charge in [-0.3, -0.25) is 38.9 Å². The van der Waals surface area contributed by atoms with Crippen molar-refractivity contribution in [1.82, 2.24) is 40.0 Å². The Labute approximate surface area is 420 Å². The summed E-state index contributed by atoms with van der Waals surface area (Å²) in [4.78, 5) is 90.8. The molecule has 2 N–H and O–H groups in total. The van der Waals surface area contributed by atoms with E-state index in [4.69, 9.17) is 28.4 Å². The third-order valence-corrected chi connectivity index (χ3v) is 11.9. The fourth-order valence-corrected chi connectivity index (χ4v) is 7.75. The second-order valence-corrected chi connectivity index (χ2v) is 18.2. The predicted octanol–water partition coefficient (Wildman–Crippen LogP) is 1.05. The molecule has 0 bridgehead atoms. The number of ether oxygens (including phenoxy) is 6. The van der Waals surface area contributed by atoms with E-state index in [0.29, 0.717) is 45.4 Å². The van der Waals surface area contributed by atoms with E-state index in [9.17, 15) is 24.0 Å². The quantitative estimate of drug-likeness (QED) is 0.0560. The van der Waals surface area contributed by atoms with E-state index in [1.807, 2.05) is 72.6 Å². The zero-order valence-electron chi connectivity index (χ0n) is 43.2. The molecule has 71 heavy (non-hydrogen) atoms. The van der Waals surface area contributed by atoms with E-state index in [1.54, 1.807) is 0 Å². The molecule has 0 unspecified atom stereocenters. The Kier molecular flexibility index (Phi) is 26.3. The zero-order valence-corrected chi connectivity index (χ0v) is 43.2. The van der Waals surface area contributed by atoms with Gasteiger partial charge in [-0.25, -0.2) is 0 Å². The maximum Gasteiger partial charge on any atom is 0.308 e. The van der Waals surface area contributed by atoms with Gasteiger partial charge in [-0.1, -0.05) is 30.3 Å².